The first-order valence-corrected chi connectivity index (χ1v) is 9.91. The van der Waals surface area contributed by atoms with Gasteiger partial charge in [-0.2, -0.15) is 0 Å². The first-order valence-electron chi connectivity index (χ1n) is 9.91. The molecule has 0 aromatic heterocycles. The molecule has 2 aromatic rings. The summed E-state index contributed by atoms with van der Waals surface area (Å²) in [5.41, 5.74) is 0.850. The molecule has 158 valence electrons. The second-order valence-corrected chi connectivity index (χ2v) is 7.87. The monoisotopic (exact) mass is 411 g/mol. The fourth-order valence-corrected chi connectivity index (χ4v) is 4.61. The van der Waals surface area contributed by atoms with E-state index in [1.165, 1.54) is 0 Å². The second-order valence-electron chi connectivity index (χ2n) is 7.87. The normalized spacial score (nSPS) is 24.6. The van der Waals surface area contributed by atoms with E-state index in [1.54, 1.807) is 19.1 Å². The molecule has 7 nitrogen and oxygen atoms in total. The number of hydrogen-bond donors (Lipinski definition) is 1. The largest absolute Gasteiger partial charge is 0.493 e. The van der Waals surface area contributed by atoms with Crippen LogP contribution in [0.25, 0.3) is 0 Å². The van der Waals surface area contributed by atoms with Gasteiger partial charge in [0.25, 0.3) is 0 Å². The van der Waals surface area contributed by atoms with E-state index in [-0.39, 0.29) is 0 Å². The molecule has 3 atom stereocenters. The Kier molecular flexibility index (Phi) is 5.05. The Balaban J connectivity index is 1.64. The van der Waals surface area contributed by atoms with Crippen LogP contribution in [-0.2, 0) is 16.0 Å². The van der Waals surface area contributed by atoms with Crippen molar-refractivity contribution in [3.8, 4) is 17.2 Å². The van der Waals surface area contributed by atoms with E-state index in [0.717, 1.165) is 11.1 Å². The molecule has 2 heterocycles. The van der Waals surface area contributed by atoms with Crippen molar-refractivity contribution < 1.29 is 28.9 Å². The standard InChI is InChI=1S/C23H25NO6/c1-23-13-16(15-6-4-5-7-17(15)30-23)20(22(26)27)21(25)24(23)11-10-14-8-9-18(28-2)19(12-14)29-3/h4-9,12,16,20H,10-11,13H2,1-3H3,(H,26,27)/t16-,20-,23+/m0/s1. The van der Waals surface area contributed by atoms with Crippen molar-refractivity contribution in [1.82, 2.24) is 4.90 Å². The Morgan fingerprint density at radius 1 is 1.20 bits per heavy atom. The minimum absolute atomic E-state index is 0.337. The van der Waals surface area contributed by atoms with Gasteiger partial charge in [0.05, 0.1) is 14.2 Å². The number of hydrogen-bond acceptors (Lipinski definition) is 5. The summed E-state index contributed by atoms with van der Waals surface area (Å²) in [5, 5.41) is 9.84. The number of rotatable bonds is 6. The van der Waals surface area contributed by atoms with E-state index in [4.69, 9.17) is 14.2 Å². The van der Waals surface area contributed by atoms with Gasteiger partial charge >= 0.3 is 5.97 Å². The molecule has 0 spiro atoms. The summed E-state index contributed by atoms with van der Waals surface area (Å²) in [6.45, 7) is 2.20. The molecule has 1 N–H and O–H groups in total. The summed E-state index contributed by atoms with van der Waals surface area (Å²) in [6.07, 6.45) is 0.975. The lowest BCUT2D eigenvalue weighted by Gasteiger charge is -2.52. The van der Waals surface area contributed by atoms with Crippen LogP contribution in [0.15, 0.2) is 42.5 Å². The fraction of sp³-hybridized carbons (Fsp3) is 0.391. The van der Waals surface area contributed by atoms with Gasteiger partial charge in [0, 0.05) is 18.9 Å². The molecule has 2 bridgehead atoms. The lowest BCUT2D eigenvalue weighted by molar-refractivity contribution is -0.180. The van der Waals surface area contributed by atoms with E-state index in [1.807, 2.05) is 49.4 Å². The number of aliphatic carboxylic acids is 1. The molecule has 1 amide bonds. The van der Waals surface area contributed by atoms with Crippen LogP contribution in [0.4, 0.5) is 0 Å². The Morgan fingerprint density at radius 3 is 2.63 bits per heavy atom. The molecule has 0 saturated carbocycles. The van der Waals surface area contributed by atoms with Crippen LogP contribution in [0.2, 0.25) is 0 Å². The Labute approximate surface area is 175 Å². The smallest absolute Gasteiger partial charge is 0.316 e. The van der Waals surface area contributed by atoms with Crippen LogP contribution in [0.5, 0.6) is 17.2 Å². The highest BCUT2D eigenvalue weighted by Gasteiger charge is 2.56. The topological polar surface area (TPSA) is 85.3 Å². The maximum absolute atomic E-state index is 13.3. The number of ether oxygens (including phenoxy) is 3. The van der Waals surface area contributed by atoms with Crippen molar-refractivity contribution in [2.75, 3.05) is 20.8 Å². The zero-order chi connectivity index (χ0) is 21.5. The minimum Gasteiger partial charge on any atom is -0.493 e. The van der Waals surface area contributed by atoms with Gasteiger partial charge in [-0.3, -0.25) is 9.59 Å². The summed E-state index contributed by atoms with van der Waals surface area (Å²) in [7, 11) is 3.15. The summed E-state index contributed by atoms with van der Waals surface area (Å²) in [4.78, 5) is 26.9. The quantitative estimate of drug-likeness (QED) is 0.736. The number of carbonyl (C=O) groups excluding carboxylic acids is 1. The minimum atomic E-state index is -1.12. The van der Waals surface area contributed by atoms with Crippen LogP contribution in [-0.4, -0.2) is 48.4 Å². The van der Waals surface area contributed by atoms with Crippen molar-refractivity contribution in [3.05, 3.63) is 53.6 Å². The first kappa shape index (κ1) is 20.1. The number of carbonyl (C=O) groups is 2. The number of carboxylic acids is 1. The molecule has 30 heavy (non-hydrogen) atoms. The predicted octanol–water partition coefficient (Wildman–Crippen LogP) is 3.07. The number of benzene rings is 2. The molecule has 2 aliphatic rings. The first-order chi connectivity index (χ1) is 14.4. The predicted molar refractivity (Wildman–Crippen MR) is 109 cm³/mol. The molecule has 1 saturated heterocycles. The highest BCUT2D eigenvalue weighted by Crippen LogP contribution is 2.50. The highest BCUT2D eigenvalue weighted by atomic mass is 16.5. The highest BCUT2D eigenvalue weighted by molar-refractivity contribution is 5.99. The molecule has 0 unspecified atom stereocenters. The van der Waals surface area contributed by atoms with E-state index in [0.29, 0.717) is 36.6 Å². The lowest BCUT2D eigenvalue weighted by atomic mass is 9.73. The number of likely N-dealkylation sites (tertiary alicyclic amines) is 1. The molecule has 1 fully saturated rings. The molecule has 0 radical (unpaired) electrons. The average Bonchev–Trinajstić information content (AvgIpc) is 2.72. The van der Waals surface area contributed by atoms with Gasteiger partial charge in [-0.25, -0.2) is 0 Å². The van der Waals surface area contributed by atoms with Gasteiger partial charge < -0.3 is 24.2 Å². The summed E-state index contributed by atoms with van der Waals surface area (Å²) < 4.78 is 16.9. The number of carboxylic acid groups (broad SMARTS) is 1. The van der Waals surface area contributed by atoms with Crippen molar-refractivity contribution in [2.45, 2.75) is 31.4 Å². The van der Waals surface area contributed by atoms with Crippen LogP contribution in [0, 0.1) is 5.92 Å². The molecular formula is C23H25NO6. The van der Waals surface area contributed by atoms with Crippen LogP contribution in [0.1, 0.15) is 30.4 Å². The Morgan fingerprint density at radius 2 is 1.93 bits per heavy atom. The molecular weight excluding hydrogens is 386 g/mol. The summed E-state index contributed by atoms with van der Waals surface area (Å²) in [6, 6.07) is 13.0. The number of piperidine rings is 1. The van der Waals surface area contributed by atoms with Crippen molar-refractivity contribution in [2.24, 2.45) is 5.92 Å². The zero-order valence-corrected chi connectivity index (χ0v) is 17.3. The van der Waals surface area contributed by atoms with Crippen molar-refractivity contribution in [3.63, 3.8) is 0 Å². The van der Waals surface area contributed by atoms with Gasteiger partial charge in [-0.15, -0.1) is 0 Å². The number of amides is 1. The van der Waals surface area contributed by atoms with Crippen LogP contribution < -0.4 is 14.2 Å². The summed E-state index contributed by atoms with van der Waals surface area (Å²) >= 11 is 0. The Hall–Kier alpha value is -3.22. The van der Waals surface area contributed by atoms with Gasteiger partial charge in [-0.1, -0.05) is 24.3 Å². The second kappa shape index (κ2) is 7.55. The number of methoxy groups -OCH3 is 2. The molecule has 2 aliphatic heterocycles. The number of para-hydroxylation sites is 1. The maximum Gasteiger partial charge on any atom is 0.316 e. The SMILES string of the molecule is COc1ccc(CCN2C(=O)[C@@H](C(=O)O)[C@H]3C[C@@]2(C)Oc2ccccc23)cc1OC. The van der Waals surface area contributed by atoms with Crippen LogP contribution in [0.3, 0.4) is 0 Å². The zero-order valence-electron chi connectivity index (χ0n) is 17.3. The number of fused-ring (bicyclic) bond motifs is 4. The van der Waals surface area contributed by atoms with Crippen molar-refractivity contribution in [1.29, 1.82) is 0 Å². The van der Waals surface area contributed by atoms with Crippen LogP contribution >= 0.6 is 0 Å². The third kappa shape index (κ3) is 3.24. The maximum atomic E-state index is 13.3. The third-order valence-electron chi connectivity index (χ3n) is 6.09. The van der Waals surface area contributed by atoms with E-state index < -0.39 is 29.4 Å². The molecule has 7 heteroatoms. The van der Waals surface area contributed by atoms with Gasteiger partial charge in [0.1, 0.15) is 11.7 Å². The number of nitrogens with zero attached hydrogens (tertiary/aromatic N) is 1. The third-order valence-corrected chi connectivity index (χ3v) is 6.09. The van der Waals surface area contributed by atoms with Gasteiger partial charge in [-0.05, 0) is 42.7 Å². The van der Waals surface area contributed by atoms with E-state index in [9.17, 15) is 14.7 Å². The van der Waals surface area contributed by atoms with Gasteiger partial charge in [0.15, 0.2) is 17.2 Å². The molecule has 4 rings (SSSR count). The van der Waals surface area contributed by atoms with E-state index in [2.05, 4.69) is 0 Å². The fourth-order valence-electron chi connectivity index (χ4n) is 4.61. The van der Waals surface area contributed by atoms with Gasteiger partial charge in [0.2, 0.25) is 5.91 Å². The molecule has 0 aliphatic carbocycles. The Bertz CT molecular complexity index is 989. The van der Waals surface area contributed by atoms with E-state index >= 15 is 0 Å². The lowest BCUT2D eigenvalue weighted by Crippen LogP contribution is -2.64. The summed E-state index contributed by atoms with van der Waals surface area (Å²) in [5.74, 6) is -1.14. The average molecular weight is 411 g/mol. The molecule has 2 aromatic carbocycles. The van der Waals surface area contributed by atoms with Crippen molar-refractivity contribution >= 4 is 11.9 Å².